The molecule has 0 unspecified atom stereocenters. The van der Waals surface area contributed by atoms with Gasteiger partial charge in [-0.1, -0.05) is 47.5 Å². The minimum absolute atomic E-state index is 0.0153. The molecule has 0 spiro atoms. The first-order valence-corrected chi connectivity index (χ1v) is 12.7. The molecule has 39 heavy (non-hydrogen) atoms. The average Bonchev–Trinajstić information content (AvgIpc) is 3.16. The molecular weight excluding hydrogens is 545 g/mol. The molecule has 0 atom stereocenters. The predicted molar refractivity (Wildman–Crippen MR) is 148 cm³/mol. The van der Waals surface area contributed by atoms with E-state index >= 15 is 0 Å². The first kappa shape index (κ1) is 27.8. The third kappa shape index (κ3) is 6.81. The van der Waals surface area contributed by atoms with Crippen LogP contribution in [0.5, 0.6) is 17.2 Å². The normalized spacial score (nSPS) is 13.8. The van der Waals surface area contributed by atoms with Gasteiger partial charge in [0.15, 0.2) is 11.5 Å². The van der Waals surface area contributed by atoms with E-state index in [2.05, 4.69) is 10.6 Å². The number of carbonyl (C=O) groups excluding carboxylic acids is 3. The molecule has 1 fully saturated rings. The standard InChI is InChI=1S/C28H25Cl2N3O6/c1-3-38-24-14-18(12-20(30)26(24)39-16-17-8-10-19(29)11-9-17)13-22-27(35)33(28(36)32-22)15-25(34)31-21-6-4-5-7-23(21)37-2/h4-14H,3,15-16H2,1-2H3,(H,31,34)(H,32,36)/b22-13+. The van der Waals surface area contributed by atoms with Crippen molar-refractivity contribution in [1.82, 2.24) is 10.2 Å². The summed E-state index contributed by atoms with van der Waals surface area (Å²) in [4.78, 5) is 38.8. The number of para-hydroxylation sites is 2. The zero-order valence-electron chi connectivity index (χ0n) is 21.1. The quantitative estimate of drug-likeness (QED) is 0.246. The molecule has 0 saturated carbocycles. The maximum Gasteiger partial charge on any atom is 0.329 e. The van der Waals surface area contributed by atoms with Gasteiger partial charge in [0, 0.05) is 5.02 Å². The molecule has 0 aromatic heterocycles. The summed E-state index contributed by atoms with van der Waals surface area (Å²) in [6.07, 6.45) is 1.45. The van der Waals surface area contributed by atoms with Crippen LogP contribution in [0.3, 0.4) is 0 Å². The molecule has 0 aliphatic carbocycles. The number of imide groups is 1. The molecule has 202 valence electrons. The molecule has 4 rings (SSSR count). The highest BCUT2D eigenvalue weighted by molar-refractivity contribution is 6.32. The zero-order chi connectivity index (χ0) is 27.9. The van der Waals surface area contributed by atoms with Gasteiger partial charge in [0.1, 0.15) is 24.6 Å². The van der Waals surface area contributed by atoms with Gasteiger partial charge < -0.3 is 24.8 Å². The van der Waals surface area contributed by atoms with Crippen LogP contribution in [0.25, 0.3) is 6.08 Å². The molecule has 1 saturated heterocycles. The number of carbonyl (C=O) groups is 3. The van der Waals surface area contributed by atoms with Crippen molar-refractivity contribution in [3.8, 4) is 17.2 Å². The lowest BCUT2D eigenvalue weighted by atomic mass is 10.1. The summed E-state index contributed by atoms with van der Waals surface area (Å²) >= 11 is 12.5. The first-order chi connectivity index (χ1) is 18.8. The van der Waals surface area contributed by atoms with Crippen LogP contribution in [-0.2, 0) is 16.2 Å². The molecule has 3 aromatic carbocycles. The highest BCUT2D eigenvalue weighted by Crippen LogP contribution is 2.38. The summed E-state index contributed by atoms with van der Waals surface area (Å²) < 4.78 is 16.8. The Hall–Kier alpha value is -4.21. The number of urea groups is 1. The molecule has 3 aromatic rings. The fourth-order valence-corrected chi connectivity index (χ4v) is 4.17. The van der Waals surface area contributed by atoms with Crippen LogP contribution in [0.1, 0.15) is 18.1 Å². The molecular formula is C28H25Cl2N3O6. The van der Waals surface area contributed by atoms with E-state index in [4.69, 9.17) is 37.4 Å². The maximum absolute atomic E-state index is 12.9. The summed E-state index contributed by atoms with van der Waals surface area (Å²) in [7, 11) is 1.47. The third-order valence-electron chi connectivity index (χ3n) is 5.58. The van der Waals surface area contributed by atoms with Crippen LogP contribution in [0.15, 0.2) is 66.4 Å². The van der Waals surface area contributed by atoms with Crippen LogP contribution in [0.2, 0.25) is 10.0 Å². The van der Waals surface area contributed by atoms with Crippen LogP contribution in [-0.4, -0.2) is 43.0 Å². The smallest absolute Gasteiger partial charge is 0.329 e. The molecule has 11 heteroatoms. The van der Waals surface area contributed by atoms with Crippen LogP contribution in [0.4, 0.5) is 10.5 Å². The second-order valence-electron chi connectivity index (χ2n) is 8.31. The largest absolute Gasteiger partial charge is 0.495 e. The van der Waals surface area contributed by atoms with E-state index in [1.54, 1.807) is 48.5 Å². The van der Waals surface area contributed by atoms with E-state index in [-0.39, 0.29) is 17.3 Å². The third-order valence-corrected chi connectivity index (χ3v) is 6.12. The fourth-order valence-electron chi connectivity index (χ4n) is 3.77. The maximum atomic E-state index is 12.9. The van der Waals surface area contributed by atoms with Crippen molar-refractivity contribution in [2.45, 2.75) is 13.5 Å². The number of nitrogens with one attached hydrogen (secondary N) is 2. The number of benzene rings is 3. The molecule has 0 radical (unpaired) electrons. The van der Waals surface area contributed by atoms with Gasteiger partial charge in [-0.05, 0) is 60.5 Å². The van der Waals surface area contributed by atoms with E-state index in [1.165, 1.54) is 13.2 Å². The Morgan fingerprint density at radius 1 is 1.03 bits per heavy atom. The SMILES string of the molecule is CCOc1cc(/C=C2/NC(=O)N(CC(=O)Nc3ccccc3OC)C2=O)cc(Cl)c1OCc1ccc(Cl)cc1. The number of anilines is 1. The molecule has 9 nitrogen and oxygen atoms in total. The highest BCUT2D eigenvalue weighted by atomic mass is 35.5. The number of halogens is 2. The first-order valence-electron chi connectivity index (χ1n) is 11.9. The Morgan fingerprint density at radius 2 is 1.77 bits per heavy atom. The van der Waals surface area contributed by atoms with Crippen molar-refractivity contribution in [2.24, 2.45) is 0 Å². The molecule has 0 bridgehead atoms. The molecule has 2 N–H and O–H groups in total. The zero-order valence-corrected chi connectivity index (χ0v) is 22.6. The van der Waals surface area contributed by atoms with Crippen molar-refractivity contribution in [3.63, 3.8) is 0 Å². The number of ether oxygens (including phenoxy) is 3. The van der Waals surface area contributed by atoms with E-state index < -0.39 is 24.4 Å². The van der Waals surface area contributed by atoms with E-state index in [0.29, 0.717) is 40.1 Å². The summed E-state index contributed by atoms with van der Waals surface area (Å²) in [5.74, 6) is -0.0608. The Labute approximate surface area is 235 Å². The lowest BCUT2D eigenvalue weighted by Crippen LogP contribution is -2.38. The summed E-state index contributed by atoms with van der Waals surface area (Å²) in [6.45, 7) is 1.91. The van der Waals surface area contributed by atoms with Crippen molar-refractivity contribution < 1.29 is 28.6 Å². The van der Waals surface area contributed by atoms with E-state index in [1.807, 2.05) is 19.1 Å². The van der Waals surface area contributed by atoms with Crippen LogP contribution < -0.4 is 24.8 Å². The van der Waals surface area contributed by atoms with E-state index in [9.17, 15) is 14.4 Å². The Bertz CT molecular complexity index is 1430. The van der Waals surface area contributed by atoms with Gasteiger partial charge in [0.05, 0.1) is 24.4 Å². The summed E-state index contributed by atoms with van der Waals surface area (Å²) in [6, 6.07) is 16.5. The Balaban J connectivity index is 1.49. The van der Waals surface area contributed by atoms with Gasteiger partial charge in [0.25, 0.3) is 5.91 Å². The minimum atomic E-state index is -0.722. The van der Waals surface area contributed by atoms with Gasteiger partial charge in [0.2, 0.25) is 5.91 Å². The minimum Gasteiger partial charge on any atom is -0.495 e. The Morgan fingerprint density at radius 3 is 2.49 bits per heavy atom. The number of rotatable bonds is 10. The van der Waals surface area contributed by atoms with Gasteiger partial charge in [-0.15, -0.1) is 0 Å². The second kappa shape index (κ2) is 12.6. The van der Waals surface area contributed by atoms with Gasteiger partial charge in [-0.25, -0.2) is 9.69 Å². The predicted octanol–water partition coefficient (Wildman–Crippen LogP) is 5.51. The lowest BCUT2D eigenvalue weighted by molar-refractivity contribution is -0.127. The van der Waals surface area contributed by atoms with Crippen LogP contribution >= 0.6 is 23.2 Å². The number of methoxy groups -OCH3 is 1. The fraction of sp³-hybridized carbons (Fsp3) is 0.179. The summed E-state index contributed by atoms with van der Waals surface area (Å²) in [5.41, 5.74) is 1.78. The van der Waals surface area contributed by atoms with Crippen molar-refractivity contribution in [1.29, 1.82) is 0 Å². The molecule has 1 heterocycles. The van der Waals surface area contributed by atoms with Crippen molar-refractivity contribution >= 4 is 52.8 Å². The average molecular weight is 570 g/mol. The second-order valence-corrected chi connectivity index (χ2v) is 9.15. The topological polar surface area (TPSA) is 106 Å². The molecule has 1 aliphatic rings. The van der Waals surface area contributed by atoms with Crippen LogP contribution in [0, 0.1) is 0 Å². The number of hydrogen-bond donors (Lipinski definition) is 2. The number of hydrogen-bond acceptors (Lipinski definition) is 6. The van der Waals surface area contributed by atoms with Gasteiger partial charge >= 0.3 is 6.03 Å². The molecule has 4 amide bonds. The van der Waals surface area contributed by atoms with Gasteiger partial charge in [-0.2, -0.15) is 0 Å². The summed E-state index contributed by atoms with van der Waals surface area (Å²) in [5, 5.41) is 6.02. The number of amides is 4. The number of nitrogens with zero attached hydrogens (tertiary/aromatic N) is 1. The highest BCUT2D eigenvalue weighted by Gasteiger charge is 2.35. The monoisotopic (exact) mass is 569 g/mol. The Kier molecular flexibility index (Phi) is 8.96. The van der Waals surface area contributed by atoms with Crippen molar-refractivity contribution in [3.05, 3.63) is 87.5 Å². The van der Waals surface area contributed by atoms with Gasteiger partial charge in [-0.3, -0.25) is 9.59 Å². The molecule has 1 aliphatic heterocycles. The lowest BCUT2D eigenvalue weighted by Gasteiger charge is -2.15. The van der Waals surface area contributed by atoms with E-state index in [0.717, 1.165) is 10.5 Å². The van der Waals surface area contributed by atoms with Crippen molar-refractivity contribution in [2.75, 3.05) is 25.6 Å².